The van der Waals surface area contributed by atoms with Gasteiger partial charge < -0.3 is 15.0 Å². The third-order valence-corrected chi connectivity index (χ3v) is 4.87. The number of rotatable bonds is 7. The van der Waals surface area contributed by atoms with Crippen LogP contribution in [0.5, 0.6) is 5.75 Å². The highest BCUT2D eigenvalue weighted by molar-refractivity contribution is 5.76. The molecule has 3 rings (SSSR count). The number of nitrogens with one attached hydrogen (secondary N) is 1. The number of hydrogen-bond acceptors (Lipinski definition) is 4. The monoisotopic (exact) mass is 371 g/mol. The number of amides is 1. The molecule has 2 aromatic rings. The van der Waals surface area contributed by atoms with Crippen molar-refractivity contribution in [1.29, 1.82) is 0 Å². The van der Waals surface area contributed by atoms with E-state index in [1.54, 1.807) is 19.2 Å². The van der Waals surface area contributed by atoms with Crippen LogP contribution in [0, 0.1) is 5.82 Å². The van der Waals surface area contributed by atoms with E-state index >= 15 is 0 Å². The molecular weight excluding hydrogens is 345 g/mol. The Hall–Kier alpha value is -2.60. The minimum Gasteiger partial charge on any atom is -0.497 e. The molecule has 1 saturated heterocycles. The van der Waals surface area contributed by atoms with E-state index in [0.717, 1.165) is 44.0 Å². The minimum atomic E-state index is -0.265. The standard InChI is InChI=1S/C21H26FN3O2/c1-27-20-8-6-19(7-9-20)25-14-12-24(13-15-25)11-10-21(26)23-16-17-2-4-18(22)5-3-17/h2-9H,10-16H2,1H3,(H,23,26). The predicted octanol–water partition coefficient (Wildman–Crippen LogP) is 2.66. The summed E-state index contributed by atoms with van der Waals surface area (Å²) in [6.45, 7) is 4.97. The highest BCUT2D eigenvalue weighted by atomic mass is 19.1. The van der Waals surface area contributed by atoms with Crippen LogP contribution in [0.1, 0.15) is 12.0 Å². The predicted molar refractivity (Wildman–Crippen MR) is 105 cm³/mol. The molecule has 0 radical (unpaired) electrons. The average molecular weight is 371 g/mol. The van der Waals surface area contributed by atoms with Crippen molar-refractivity contribution in [2.45, 2.75) is 13.0 Å². The van der Waals surface area contributed by atoms with Gasteiger partial charge in [0.2, 0.25) is 5.91 Å². The molecular formula is C21H26FN3O2. The lowest BCUT2D eigenvalue weighted by Crippen LogP contribution is -2.47. The highest BCUT2D eigenvalue weighted by Crippen LogP contribution is 2.20. The lowest BCUT2D eigenvalue weighted by atomic mass is 10.2. The molecule has 6 heteroatoms. The van der Waals surface area contributed by atoms with Crippen LogP contribution in [-0.4, -0.2) is 50.6 Å². The Labute approximate surface area is 159 Å². The first kappa shape index (κ1) is 19.2. The number of halogens is 1. The van der Waals surface area contributed by atoms with Crippen LogP contribution in [0.3, 0.4) is 0 Å². The zero-order valence-electron chi connectivity index (χ0n) is 15.7. The largest absolute Gasteiger partial charge is 0.497 e. The van der Waals surface area contributed by atoms with Gasteiger partial charge in [0.15, 0.2) is 0 Å². The maximum atomic E-state index is 12.9. The van der Waals surface area contributed by atoms with Crippen LogP contribution >= 0.6 is 0 Å². The minimum absolute atomic E-state index is 0.0249. The van der Waals surface area contributed by atoms with Crippen LogP contribution in [0.4, 0.5) is 10.1 Å². The molecule has 1 amide bonds. The molecule has 0 bridgehead atoms. The van der Waals surface area contributed by atoms with Crippen LogP contribution in [-0.2, 0) is 11.3 Å². The highest BCUT2D eigenvalue weighted by Gasteiger charge is 2.17. The third-order valence-electron chi connectivity index (χ3n) is 4.87. The van der Waals surface area contributed by atoms with Crippen molar-refractivity contribution in [3.8, 4) is 5.75 Å². The van der Waals surface area contributed by atoms with Gasteiger partial charge in [-0.15, -0.1) is 0 Å². The maximum Gasteiger partial charge on any atom is 0.221 e. The average Bonchev–Trinajstić information content (AvgIpc) is 2.72. The SMILES string of the molecule is COc1ccc(N2CCN(CCC(=O)NCc3ccc(F)cc3)CC2)cc1. The van der Waals surface area contributed by atoms with Gasteiger partial charge in [-0.1, -0.05) is 12.1 Å². The molecule has 0 unspecified atom stereocenters. The van der Waals surface area contributed by atoms with E-state index in [0.29, 0.717) is 13.0 Å². The van der Waals surface area contributed by atoms with E-state index in [-0.39, 0.29) is 11.7 Å². The van der Waals surface area contributed by atoms with Gasteiger partial charge in [0.25, 0.3) is 0 Å². The van der Waals surface area contributed by atoms with Crippen molar-refractivity contribution in [2.24, 2.45) is 0 Å². The summed E-state index contributed by atoms with van der Waals surface area (Å²) in [5, 5.41) is 2.89. The lowest BCUT2D eigenvalue weighted by Gasteiger charge is -2.36. The summed E-state index contributed by atoms with van der Waals surface area (Å²) >= 11 is 0. The van der Waals surface area contributed by atoms with Crippen LogP contribution in [0.15, 0.2) is 48.5 Å². The Morgan fingerprint density at radius 2 is 1.70 bits per heavy atom. The maximum absolute atomic E-state index is 12.9. The Balaban J connectivity index is 1.36. The van der Waals surface area contributed by atoms with E-state index in [2.05, 4.69) is 27.2 Å². The molecule has 1 fully saturated rings. The summed E-state index contributed by atoms with van der Waals surface area (Å²) in [5.41, 5.74) is 2.10. The molecule has 1 aliphatic rings. The van der Waals surface area contributed by atoms with Gasteiger partial charge >= 0.3 is 0 Å². The molecule has 0 spiro atoms. The Bertz CT molecular complexity index is 726. The number of hydrogen-bond donors (Lipinski definition) is 1. The number of benzene rings is 2. The Morgan fingerprint density at radius 1 is 1.04 bits per heavy atom. The van der Waals surface area contributed by atoms with Crippen molar-refractivity contribution in [2.75, 3.05) is 44.7 Å². The summed E-state index contributed by atoms with van der Waals surface area (Å²) in [5.74, 6) is 0.625. The molecule has 1 heterocycles. The van der Waals surface area contributed by atoms with Crippen molar-refractivity contribution in [1.82, 2.24) is 10.2 Å². The first-order chi connectivity index (χ1) is 13.1. The second kappa shape index (κ2) is 9.37. The molecule has 0 aromatic heterocycles. The normalized spacial score (nSPS) is 14.8. The number of carbonyl (C=O) groups is 1. The summed E-state index contributed by atoms with van der Waals surface area (Å²) in [4.78, 5) is 16.7. The van der Waals surface area contributed by atoms with E-state index in [4.69, 9.17) is 4.74 Å². The second-order valence-electron chi connectivity index (χ2n) is 6.68. The fraction of sp³-hybridized carbons (Fsp3) is 0.381. The van der Waals surface area contributed by atoms with Crippen molar-refractivity contribution >= 4 is 11.6 Å². The molecule has 0 aliphatic carbocycles. The summed E-state index contributed by atoms with van der Waals surface area (Å²) < 4.78 is 18.1. The molecule has 5 nitrogen and oxygen atoms in total. The van der Waals surface area contributed by atoms with Gasteiger partial charge in [0.05, 0.1) is 7.11 Å². The summed E-state index contributed by atoms with van der Waals surface area (Å²) in [6.07, 6.45) is 0.476. The Kier molecular flexibility index (Phi) is 6.65. The number of ether oxygens (including phenoxy) is 1. The molecule has 0 saturated carbocycles. The second-order valence-corrected chi connectivity index (χ2v) is 6.68. The topological polar surface area (TPSA) is 44.8 Å². The zero-order chi connectivity index (χ0) is 19.1. The quantitative estimate of drug-likeness (QED) is 0.813. The fourth-order valence-corrected chi connectivity index (χ4v) is 3.17. The molecule has 1 aliphatic heterocycles. The van der Waals surface area contributed by atoms with Gasteiger partial charge in [-0.25, -0.2) is 4.39 Å². The van der Waals surface area contributed by atoms with Gasteiger partial charge in [-0.2, -0.15) is 0 Å². The third kappa shape index (κ3) is 5.69. The molecule has 2 aromatic carbocycles. The zero-order valence-corrected chi connectivity index (χ0v) is 15.7. The van der Waals surface area contributed by atoms with Gasteiger partial charge in [-0.05, 0) is 42.0 Å². The fourth-order valence-electron chi connectivity index (χ4n) is 3.17. The van der Waals surface area contributed by atoms with Crippen LogP contribution < -0.4 is 15.0 Å². The molecule has 1 N–H and O–H groups in total. The van der Waals surface area contributed by atoms with Gasteiger partial charge in [0.1, 0.15) is 11.6 Å². The molecule has 0 atom stereocenters. The Morgan fingerprint density at radius 3 is 2.33 bits per heavy atom. The van der Waals surface area contributed by atoms with Crippen molar-refractivity contribution < 1.29 is 13.9 Å². The van der Waals surface area contributed by atoms with Crippen molar-refractivity contribution in [3.63, 3.8) is 0 Å². The summed E-state index contributed by atoms with van der Waals surface area (Å²) in [7, 11) is 1.67. The van der Waals surface area contributed by atoms with Crippen LogP contribution in [0.25, 0.3) is 0 Å². The molecule has 144 valence electrons. The lowest BCUT2D eigenvalue weighted by molar-refractivity contribution is -0.121. The van der Waals surface area contributed by atoms with Crippen molar-refractivity contribution in [3.05, 3.63) is 59.9 Å². The molecule has 27 heavy (non-hydrogen) atoms. The van der Waals surface area contributed by atoms with Crippen LogP contribution in [0.2, 0.25) is 0 Å². The van der Waals surface area contributed by atoms with E-state index in [9.17, 15) is 9.18 Å². The summed E-state index contributed by atoms with van der Waals surface area (Å²) in [6, 6.07) is 14.3. The number of anilines is 1. The number of nitrogens with zero attached hydrogens (tertiary/aromatic N) is 2. The van der Waals surface area contributed by atoms with Gasteiger partial charge in [-0.3, -0.25) is 9.69 Å². The number of piperazine rings is 1. The number of methoxy groups -OCH3 is 1. The number of carbonyl (C=O) groups excluding carboxylic acids is 1. The van der Waals surface area contributed by atoms with Gasteiger partial charge in [0, 0.05) is 51.4 Å². The first-order valence-corrected chi connectivity index (χ1v) is 9.26. The van der Waals surface area contributed by atoms with E-state index in [1.807, 2.05) is 12.1 Å². The van der Waals surface area contributed by atoms with E-state index in [1.165, 1.54) is 17.8 Å². The smallest absolute Gasteiger partial charge is 0.221 e. The first-order valence-electron chi connectivity index (χ1n) is 9.26. The van der Waals surface area contributed by atoms with E-state index < -0.39 is 0 Å².